The normalized spacial score (nSPS) is 20.5. The quantitative estimate of drug-likeness (QED) is 0.769. The maximum Gasteiger partial charge on any atom is 0.315 e. The predicted octanol–water partition coefficient (Wildman–Crippen LogP) is 4.65. The number of ether oxygens (including phenoxy) is 2. The van der Waals surface area contributed by atoms with Crippen LogP contribution in [-0.2, 0) is 9.53 Å². The van der Waals surface area contributed by atoms with Crippen molar-refractivity contribution in [1.29, 1.82) is 0 Å². The van der Waals surface area contributed by atoms with E-state index < -0.39 is 0 Å². The Morgan fingerprint density at radius 2 is 1.67 bits per heavy atom. The lowest BCUT2D eigenvalue weighted by Crippen LogP contribution is -2.31. The Morgan fingerprint density at radius 1 is 1.00 bits per heavy atom. The highest BCUT2D eigenvalue weighted by Crippen LogP contribution is 2.39. The van der Waals surface area contributed by atoms with Crippen molar-refractivity contribution in [3.63, 3.8) is 0 Å². The van der Waals surface area contributed by atoms with Crippen LogP contribution in [-0.4, -0.2) is 13.1 Å². The average Bonchev–Trinajstić information content (AvgIpc) is 2.61. The van der Waals surface area contributed by atoms with Crippen molar-refractivity contribution in [2.45, 2.75) is 19.8 Å². The van der Waals surface area contributed by atoms with Crippen LogP contribution < -0.4 is 4.74 Å². The molecular weight excluding hydrogens is 300 g/mol. The summed E-state index contributed by atoms with van der Waals surface area (Å²) in [4.78, 5) is 12.6. The molecule has 1 heterocycles. The van der Waals surface area contributed by atoms with Gasteiger partial charge in [-0.1, -0.05) is 44.2 Å². The molecular formula is C21H22O3. The molecule has 2 atom stereocenters. The third kappa shape index (κ3) is 3.21. The number of hydrogen-bond donors (Lipinski definition) is 0. The number of esters is 1. The van der Waals surface area contributed by atoms with Gasteiger partial charge in [0.25, 0.3) is 0 Å². The second kappa shape index (κ2) is 6.91. The molecule has 3 nitrogen and oxygen atoms in total. The van der Waals surface area contributed by atoms with E-state index in [4.69, 9.17) is 9.47 Å². The number of benzene rings is 2. The molecule has 0 fully saturated rings. The van der Waals surface area contributed by atoms with Gasteiger partial charge in [-0.2, -0.15) is 0 Å². The Bertz CT molecular complexity index is 729. The van der Waals surface area contributed by atoms with Crippen LogP contribution in [0.15, 0.2) is 60.7 Å². The standard InChI is InChI=1S/C21H22O3/c1-14(2)20-18(15-7-5-4-6-8-15)13-19(24-21(20)22)16-9-11-17(23-3)12-10-16/h4-14,18,20H,1-3H3/t18-,20-/m1/s1. The van der Waals surface area contributed by atoms with E-state index in [2.05, 4.69) is 32.1 Å². The van der Waals surface area contributed by atoms with Crippen LogP contribution in [0.5, 0.6) is 5.75 Å². The van der Waals surface area contributed by atoms with E-state index in [-0.39, 0.29) is 23.7 Å². The lowest BCUT2D eigenvalue weighted by atomic mass is 9.77. The van der Waals surface area contributed by atoms with Crippen LogP contribution in [0.2, 0.25) is 0 Å². The van der Waals surface area contributed by atoms with Crippen LogP contribution in [0.25, 0.3) is 5.76 Å². The number of carbonyl (C=O) groups is 1. The molecule has 1 aliphatic rings. The van der Waals surface area contributed by atoms with Gasteiger partial charge in [-0.3, -0.25) is 4.79 Å². The first-order valence-electron chi connectivity index (χ1n) is 8.23. The molecule has 0 aliphatic carbocycles. The Kier molecular flexibility index (Phi) is 4.70. The molecule has 3 rings (SSSR count). The van der Waals surface area contributed by atoms with E-state index in [0.717, 1.165) is 16.9 Å². The summed E-state index contributed by atoms with van der Waals surface area (Å²) in [5.74, 6) is 1.29. The molecule has 0 saturated heterocycles. The lowest BCUT2D eigenvalue weighted by molar-refractivity contribution is -0.144. The van der Waals surface area contributed by atoms with Gasteiger partial charge in [-0.05, 0) is 41.8 Å². The first kappa shape index (κ1) is 16.3. The van der Waals surface area contributed by atoms with Gasteiger partial charge in [0, 0.05) is 11.5 Å². The Balaban J connectivity index is 2.02. The molecule has 0 radical (unpaired) electrons. The molecule has 0 amide bonds. The first-order valence-corrected chi connectivity index (χ1v) is 8.23. The zero-order valence-electron chi connectivity index (χ0n) is 14.2. The number of methoxy groups -OCH3 is 1. The van der Waals surface area contributed by atoms with Crippen LogP contribution in [0, 0.1) is 11.8 Å². The van der Waals surface area contributed by atoms with E-state index >= 15 is 0 Å². The van der Waals surface area contributed by atoms with Crippen molar-refractivity contribution in [2.75, 3.05) is 7.11 Å². The number of cyclic esters (lactones) is 1. The van der Waals surface area contributed by atoms with E-state index in [1.54, 1.807) is 7.11 Å². The number of carbonyl (C=O) groups excluding carboxylic acids is 1. The van der Waals surface area contributed by atoms with E-state index in [0.29, 0.717) is 5.76 Å². The molecule has 124 valence electrons. The molecule has 0 spiro atoms. The van der Waals surface area contributed by atoms with Crippen molar-refractivity contribution >= 4 is 11.7 Å². The molecule has 2 aromatic rings. The molecule has 24 heavy (non-hydrogen) atoms. The van der Waals surface area contributed by atoms with Gasteiger partial charge in [0.1, 0.15) is 11.5 Å². The Hall–Kier alpha value is -2.55. The first-order chi connectivity index (χ1) is 11.6. The van der Waals surface area contributed by atoms with Crippen LogP contribution in [0.4, 0.5) is 0 Å². The predicted molar refractivity (Wildman–Crippen MR) is 94.6 cm³/mol. The third-order valence-corrected chi connectivity index (χ3v) is 4.48. The summed E-state index contributed by atoms with van der Waals surface area (Å²) in [5.41, 5.74) is 2.02. The van der Waals surface area contributed by atoms with E-state index in [9.17, 15) is 4.79 Å². The molecule has 0 unspecified atom stereocenters. The van der Waals surface area contributed by atoms with Gasteiger partial charge >= 0.3 is 5.97 Å². The maximum atomic E-state index is 12.6. The fourth-order valence-electron chi connectivity index (χ4n) is 3.20. The molecule has 0 bridgehead atoms. The molecule has 2 aromatic carbocycles. The van der Waals surface area contributed by atoms with E-state index in [1.807, 2.05) is 42.5 Å². The minimum atomic E-state index is -0.172. The summed E-state index contributed by atoms with van der Waals surface area (Å²) in [6.07, 6.45) is 2.07. The van der Waals surface area contributed by atoms with Crippen molar-refractivity contribution in [3.8, 4) is 5.75 Å². The smallest absolute Gasteiger partial charge is 0.315 e. The van der Waals surface area contributed by atoms with Gasteiger partial charge in [-0.25, -0.2) is 0 Å². The van der Waals surface area contributed by atoms with Crippen molar-refractivity contribution in [2.24, 2.45) is 11.8 Å². The largest absolute Gasteiger partial charge is 0.497 e. The molecule has 1 aliphatic heterocycles. The van der Waals surface area contributed by atoms with Crippen molar-refractivity contribution in [1.82, 2.24) is 0 Å². The van der Waals surface area contributed by atoms with Gasteiger partial charge < -0.3 is 9.47 Å². The number of allylic oxidation sites excluding steroid dienone is 1. The molecule has 0 saturated carbocycles. The Morgan fingerprint density at radius 3 is 2.25 bits per heavy atom. The second-order valence-electron chi connectivity index (χ2n) is 6.39. The van der Waals surface area contributed by atoms with Crippen LogP contribution in [0.3, 0.4) is 0 Å². The van der Waals surface area contributed by atoms with Crippen molar-refractivity contribution in [3.05, 3.63) is 71.8 Å². The maximum absolute atomic E-state index is 12.6. The lowest BCUT2D eigenvalue weighted by Gasteiger charge is -2.31. The summed E-state index contributed by atoms with van der Waals surface area (Å²) < 4.78 is 10.8. The summed E-state index contributed by atoms with van der Waals surface area (Å²) >= 11 is 0. The summed E-state index contributed by atoms with van der Waals surface area (Å²) in [7, 11) is 1.63. The number of rotatable bonds is 4. The molecule has 3 heteroatoms. The minimum absolute atomic E-state index is 0.0181. The van der Waals surface area contributed by atoms with Gasteiger partial charge in [0.2, 0.25) is 0 Å². The highest BCUT2D eigenvalue weighted by molar-refractivity contribution is 5.84. The molecule has 0 N–H and O–H groups in total. The Labute approximate surface area is 142 Å². The zero-order chi connectivity index (χ0) is 17.1. The van der Waals surface area contributed by atoms with Crippen molar-refractivity contribution < 1.29 is 14.3 Å². The van der Waals surface area contributed by atoms with Gasteiger partial charge in [0.15, 0.2) is 0 Å². The van der Waals surface area contributed by atoms with Crippen LogP contribution in [0.1, 0.15) is 30.9 Å². The van der Waals surface area contributed by atoms with E-state index in [1.165, 1.54) is 0 Å². The number of hydrogen-bond acceptors (Lipinski definition) is 3. The second-order valence-corrected chi connectivity index (χ2v) is 6.39. The zero-order valence-corrected chi connectivity index (χ0v) is 14.2. The minimum Gasteiger partial charge on any atom is -0.497 e. The van der Waals surface area contributed by atoms with Crippen LogP contribution >= 0.6 is 0 Å². The third-order valence-electron chi connectivity index (χ3n) is 4.48. The fourth-order valence-corrected chi connectivity index (χ4v) is 3.20. The highest BCUT2D eigenvalue weighted by atomic mass is 16.5. The monoisotopic (exact) mass is 322 g/mol. The average molecular weight is 322 g/mol. The topological polar surface area (TPSA) is 35.5 Å². The SMILES string of the molecule is COc1ccc(C2=C[C@H](c3ccccc3)[C@@H](C(C)C)C(=O)O2)cc1. The fraction of sp³-hybridized carbons (Fsp3) is 0.286. The molecule has 0 aromatic heterocycles. The van der Waals surface area contributed by atoms with Gasteiger partial charge in [-0.15, -0.1) is 0 Å². The summed E-state index contributed by atoms with van der Waals surface area (Å²) in [6.45, 7) is 4.13. The highest BCUT2D eigenvalue weighted by Gasteiger charge is 2.37. The van der Waals surface area contributed by atoms with Gasteiger partial charge in [0.05, 0.1) is 13.0 Å². The summed E-state index contributed by atoms with van der Waals surface area (Å²) in [6, 6.07) is 17.7. The summed E-state index contributed by atoms with van der Waals surface area (Å²) in [5, 5.41) is 0.